The quantitative estimate of drug-likeness (QED) is 0.0797. The van der Waals surface area contributed by atoms with Crippen LogP contribution < -0.4 is 42.4 Å². The van der Waals surface area contributed by atoms with Crippen molar-refractivity contribution < 1.29 is 0 Å². The van der Waals surface area contributed by atoms with Gasteiger partial charge in [0.1, 0.15) is 0 Å². The molecule has 0 radical (unpaired) electrons. The van der Waals surface area contributed by atoms with Gasteiger partial charge < -0.3 is 0 Å². The first-order valence-electron chi connectivity index (χ1n) is 26.8. The summed E-state index contributed by atoms with van der Waals surface area (Å²) in [6, 6.07) is 88.6. The van der Waals surface area contributed by atoms with E-state index in [4.69, 9.17) is 0 Å². The standard InChI is InChI=1S/C72H70P4/c1-51-27-9-17-39-63(51)73(64-40-18-10-28-52(64)2)47-59-35-25-36-60(48-74(65-41-19-11-29-53(65)3)66-42-20-12-30-54(66)4)71(59)72-61(49-75(67-43-21-13-31-55(67)5)68-44-22-14-32-56(68)6)37-26-38-62(72)50-76(69-45-23-15-33-57(69)7)70-46-24-16-34-58(70)8/h9-46H,47-50H2,1-8H3. The lowest BCUT2D eigenvalue weighted by molar-refractivity contribution is 1.26. The lowest BCUT2D eigenvalue weighted by Crippen LogP contribution is -2.20. The molecule has 0 saturated heterocycles. The molecule has 0 nitrogen and oxygen atoms in total. The third-order valence-electron chi connectivity index (χ3n) is 15.3. The molecule has 0 N–H and O–H groups in total. The van der Waals surface area contributed by atoms with Crippen LogP contribution in [0.5, 0.6) is 0 Å². The second kappa shape index (κ2) is 24.5. The van der Waals surface area contributed by atoms with Gasteiger partial charge in [0.2, 0.25) is 0 Å². The highest BCUT2D eigenvalue weighted by molar-refractivity contribution is 7.73. The van der Waals surface area contributed by atoms with Crippen molar-refractivity contribution in [3.8, 4) is 11.1 Å². The summed E-state index contributed by atoms with van der Waals surface area (Å²) < 4.78 is 0. The van der Waals surface area contributed by atoms with E-state index >= 15 is 0 Å². The summed E-state index contributed by atoms with van der Waals surface area (Å²) in [6.07, 6.45) is 3.74. The minimum Gasteiger partial charge on any atom is -0.0620 e. The molecular weight excluding hydrogens is 989 g/mol. The Morgan fingerprint density at radius 3 is 0.474 bits per heavy atom. The van der Waals surface area contributed by atoms with Crippen LogP contribution in [0.3, 0.4) is 0 Å². The Morgan fingerprint density at radius 2 is 0.329 bits per heavy atom. The molecule has 0 aliphatic heterocycles. The molecule has 0 bridgehead atoms. The maximum absolute atomic E-state index is 2.52. The fourth-order valence-corrected chi connectivity index (χ4v) is 22.2. The molecule has 10 rings (SSSR count). The van der Waals surface area contributed by atoms with Crippen LogP contribution in [0, 0.1) is 55.4 Å². The van der Waals surface area contributed by atoms with Crippen molar-refractivity contribution in [3.05, 3.63) is 297 Å². The highest BCUT2D eigenvalue weighted by Crippen LogP contribution is 2.52. The summed E-state index contributed by atoms with van der Waals surface area (Å²) in [5.41, 5.74) is 19.6. The van der Waals surface area contributed by atoms with E-state index in [1.165, 1.54) is 120 Å². The molecule has 0 heterocycles. The zero-order valence-electron chi connectivity index (χ0n) is 45.6. The highest BCUT2D eigenvalue weighted by Gasteiger charge is 2.30. The minimum atomic E-state index is -0.807. The Balaban J connectivity index is 1.30. The third-order valence-corrected chi connectivity index (χ3v) is 26.6. The molecule has 0 aromatic heterocycles. The Bertz CT molecular complexity index is 2990. The van der Waals surface area contributed by atoms with E-state index in [9.17, 15) is 0 Å². The summed E-state index contributed by atoms with van der Waals surface area (Å²) in [5, 5.41) is 11.7. The van der Waals surface area contributed by atoms with Crippen molar-refractivity contribution in [2.45, 2.75) is 80.0 Å². The van der Waals surface area contributed by atoms with Crippen LogP contribution in [0.2, 0.25) is 0 Å². The minimum absolute atomic E-state index is 0.807. The number of rotatable bonds is 17. The molecule has 0 saturated carbocycles. The molecule has 378 valence electrons. The van der Waals surface area contributed by atoms with Crippen molar-refractivity contribution >= 4 is 74.1 Å². The van der Waals surface area contributed by atoms with Crippen molar-refractivity contribution in [1.82, 2.24) is 0 Å². The Hall–Kier alpha value is -6.08. The van der Waals surface area contributed by atoms with Gasteiger partial charge in [-0.05, 0) is 207 Å². The van der Waals surface area contributed by atoms with Gasteiger partial charge in [-0.3, -0.25) is 0 Å². The normalized spacial score (nSPS) is 11.6. The number of hydrogen-bond acceptors (Lipinski definition) is 0. The molecule has 10 aromatic carbocycles. The van der Waals surface area contributed by atoms with Crippen LogP contribution in [0.1, 0.15) is 66.8 Å². The lowest BCUT2D eigenvalue weighted by Gasteiger charge is -2.30. The molecule has 0 aliphatic rings. The number of aryl methyl sites for hydroxylation is 8. The van der Waals surface area contributed by atoms with Crippen LogP contribution in [0.15, 0.2) is 231 Å². The monoisotopic (exact) mass is 1060 g/mol. The molecule has 76 heavy (non-hydrogen) atoms. The SMILES string of the molecule is Cc1ccccc1P(Cc1cccc(CP(c2ccccc2C)c2ccccc2C)c1-c1c(CP(c2ccccc2C)c2ccccc2C)cccc1CP(c1ccccc1C)c1ccccc1C)c1ccccc1C. The molecule has 0 spiro atoms. The highest BCUT2D eigenvalue weighted by atomic mass is 31.1. The first kappa shape index (κ1) is 53.3. The molecular formula is C72H70P4. The van der Waals surface area contributed by atoms with Gasteiger partial charge in [0.25, 0.3) is 0 Å². The lowest BCUT2D eigenvalue weighted by atomic mass is 9.89. The van der Waals surface area contributed by atoms with E-state index in [0.717, 1.165) is 24.6 Å². The Kier molecular flexibility index (Phi) is 17.2. The fourth-order valence-electron chi connectivity index (χ4n) is 11.3. The number of hydrogen-bond donors (Lipinski definition) is 0. The predicted octanol–water partition coefficient (Wildman–Crippen LogP) is 16.4. The summed E-state index contributed by atoms with van der Waals surface area (Å²) in [7, 11) is -3.23. The van der Waals surface area contributed by atoms with Crippen LogP contribution in [0.25, 0.3) is 11.1 Å². The molecule has 0 atom stereocenters. The van der Waals surface area contributed by atoms with Gasteiger partial charge in [-0.15, -0.1) is 0 Å². The van der Waals surface area contributed by atoms with Crippen molar-refractivity contribution in [2.75, 3.05) is 0 Å². The van der Waals surface area contributed by atoms with Gasteiger partial charge in [0.15, 0.2) is 0 Å². The van der Waals surface area contributed by atoms with Crippen molar-refractivity contribution in [3.63, 3.8) is 0 Å². The van der Waals surface area contributed by atoms with Gasteiger partial charge in [-0.25, -0.2) is 0 Å². The van der Waals surface area contributed by atoms with Gasteiger partial charge in [0, 0.05) is 24.6 Å². The van der Waals surface area contributed by atoms with E-state index in [2.05, 4.69) is 286 Å². The summed E-state index contributed by atoms with van der Waals surface area (Å²) >= 11 is 0. The van der Waals surface area contributed by atoms with E-state index in [1.54, 1.807) is 0 Å². The first-order chi connectivity index (χ1) is 37.0. The topological polar surface area (TPSA) is 0 Å². The van der Waals surface area contributed by atoms with Crippen LogP contribution in [-0.2, 0) is 24.6 Å². The summed E-state index contributed by atoms with van der Waals surface area (Å²) in [5.74, 6) is 0. The van der Waals surface area contributed by atoms with E-state index in [0.29, 0.717) is 0 Å². The van der Waals surface area contributed by atoms with Gasteiger partial charge >= 0.3 is 0 Å². The van der Waals surface area contributed by atoms with Crippen molar-refractivity contribution in [1.29, 1.82) is 0 Å². The first-order valence-corrected chi connectivity index (χ1v) is 32.9. The van der Waals surface area contributed by atoms with E-state index in [1.807, 2.05) is 0 Å². The zero-order valence-corrected chi connectivity index (χ0v) is 49.1. The smallest absolute Gasteiger partial charge is 0.00139 e. The third kappa shape index (κ3) is 11.6. The number of benzene rings is 10. The largest absolute Gasteiger partial charge is 0.0620 e. The van der Waals surface area contributed by atoms with Gasteiger partial charge in [-0.1, -0.05) is 231 Å². The second-order valence-electron chi connectivity index (χ2n) is 20.5. The fraction of sp³-hybridized carbons (Fsp3) is 0.167. The average Bonchev–Trinajstić information content (AvgIpc) is 3.47. The van der Waals surface area contributed by atoms with Crippen LogP contribution in [0.4, 0.5) is 0 Å². The molecule has 0 fully saturated rings. The van der Waals surface area contributed by atoms with Crippen LogP contribution in [-0.4, -0.2) is 0 Å². The zero-order chi connectivity index (χ0) is 52.7. The Labute approximate surface area is 459 Å². The molecule has 0 amide bonds. The predicted molar refractivity (Wildman–Crippen MR) is 341 cm³/mol. The average molecular weight is 1060 g/mol. The second-order valence-corrected chi connectivity index (χ2v) is 29.1. The molecule has 10 aromatic rings. The summed E-state index contributed by atoms with van der Waals surface area (Å²) in [4.78, 5) is 0. The van der Waals surface area contributed by atoms with Crippen molar-refractivity contribution in [2.24, 2.45) is 0 Å². The molecule has 4 heteroatoms. The van der Waals surface area contributed by atoms with E-state index in [-0.39, 0.29) is 0 Å². The maximum atomic E-state index is 2.52. The summed E-state index contributed by atoms with van der Waals surface area (Å²) in [6.45, 7) is 18.6. The van der Waals surface area contributed by atoms with Gasteiger partial charge in [-0.2, -0.15) is 0 Å². The molecule has 0 aliphatic carbocycles. The maximum Gasteiger partial charge on any atom is 0.00139 e. The van der Waals surface area contributed by atoms with E-state index < -0.39 is 31.7 Å². The van der Waals surface area contributed by atoms with Gasteiger partial charge in [0.05, 0.1) is 0 Å². The van der Waals surface area contributed by atoms with Crippen LogP contribution >= 0.6 is 31.7 Å². The Morgan fingerprint density at radius 1 is 0.184 bits per heavy atom. The molecule has 0 unspecified atom stereocenters.